The van der Waals surface area contributed by atoms with Crippen LogP contribution in [0.15, 0.2) is 4.99 Å². The lowest BCUT2D eigenvalue weighted by atomic mass is 10.1. The second kappa shape index (κ2) is 1.47. The largest absolute Gasteiger partial charge is 0.364 e. The van der Waals surface area contributed by atoms with E-state index in [0.29, 0.717) is 0 Å². The van der Waals surface area contributed by atoms with Gasteiger partial charge in [0.25, 0.3) is 0 Å². The molecule has 46 valence electrons. The molecular weight excluding hydrogens is 100 g/mol. The van der Waals surface area contributed by atoms with Crippen LogP contribution in [-0.4, -0.2) is 30.4 Å². The van der Waals surface area contributed by atoms with Gasteiger partial charge in [-0.05, 0) is 13.8 Å². The Morgan fingerprint density at radius 2 is 2.25 bits per heavy atom. The van der Waals surface area contributed by atoms with Crippen LogP contribution in [0.2, 0.25) is 0 Å². The SMILES string of the molecule is CN1C=NC(C)(C)C1. The Bertz CT molecular complexity index is 116. The first-order valence-electron chi connectivity index (χ1n) is 2.86. The minimum absolute atomic E-state index is 0.161. The van der Waals surface area contributed by atoms with E-state index in [1.807, 2.05) is 13.4 Å². The van der Waals surface area contributed by atoms with Crippen molar-refractivity contribution in [3.8, 4) is 0 Å². The van der Waals surface area contributed by atoms with Gasteiger partial charge in [-0.2, -0.15) is 0 Å². The van der Waals surface area contributed by atoms with E-state index in [2.05, 4.69) is 23.7 Å². The van der Waals surface area contributed by atoms with Crippen LogP contribution < -0.4 is 0 Å². The average Bonchev–Trinajstić information content (AvgIpc) is 1.82. The lowest BCUT2D eigenvalue weighted by molar-refractivity contribution is 0.429. The summed E-state index contributed by atoms with van der Waals surface area (Å²) in [5.74, 6) is 0. The predicted molar refractivity (Wildman–Crippen MR) is 35.2 cm³/mol. The summed E-state index contributed by atoms with van der Waals surface area (Å²) in [5.41, 5.74) is 0.161. The third-order valence-electron chi connectivity index (χ3n) is 1.24. The Morgan fingerprint density at radius 1 is 1.62 bits per heavy atom. The van der Waals surface area contributed by atoms with Crippen molar-refractivity contribution in [1.82, 2.24) is 4.90 Å². The summed E-state index contributed by atoms with van der Waals surface area (Å²) in [6.07, 6.45) is 1.89. The van der Waals surface area contributed by atoms with Crippen LogP contribution in [0.4, 0.5) is 0 Å². The maximum Gasteiger partial charge on any atom is 0.0855 e. The van der Waals surface area contributed by atoms with Crippen molar-refractivity contribution >= 4 is 6.34 Å². The van der Waals surface area contributed by atoms with Crippen molar-refractivity contribution in [3.05, 3.63) is 0 Å². The fourth-order valence-corrected chi connectivity index (χ4v) is 0.947. The van der Waals surface area contributed by atoms with Crippen molar-refractivity contribution in [1.29, 1.82) is 0 Å². The lowest BCUT2D eigenvalue weighted by Gasteiger charge is -2.14. The molecule has 0 aromatic heterocycles. The topological polar surface area (TPSA) is 15.6 Å². The van der Waals surface area contributed by atoms with Gasteiger partial charge in [-0.3, -0.25) is 4.99 Å². The molecule has 1 aliphatic heterocycles. The number of likely N-dealkylation sites (N-methyl/N-ethyl adjacent to an activating group) is 1. The highest BCUT2D eigenvalue weighted by molar-refractivity contribution is 5.58. The molecule has 1 aliphatic rings. The van der Waals surface area contributed by atoms with Gasteiger partial charge in [0.1, 0.15) is 0 Å². The van der Waals surface area contributed by atoms with Gasteiger partial charge in [-0.25, -0.2) is 0 Å². The highest BCUT2D eigenvalue weighted by Crippen LogP contribution is 2.13. The molecule has 0 N–H and O–H groups in total. The number of hydrogen-bond acceptors (Lipinski definition) is 2. The molecule has 2 heteroatoms. The van der Waals surface area contributed by atoms with E-state index in [1.165, 1.54) is 0 Å². The van der Waals surface area contributed by atoms with Gasteiger partial charge in [-0.15, -0.1) is 0 Å². The Morgan fingerprint density at radius 3 is 2.38 bits per heavy atom. The third kappa shape index (κ3) is 0.997. The minimum atomic E-state index is 0.161. The first kappa shape index (κ1) is 5.60. The van der Waals surface area contributed by atoms with Gasteiger partial charge in [0.2, 0.25) is 0 Å². The van der Waals surface area contributed by atoms with E-state index < -0.39 is 0 Å². The zero-order valence-electron chi connectivity index (χ0n) is 5.68. The number of nitrogens with zero attached hydrogens (tertiary/aromatic N) is 2. The van der Waals surface area contributed by atoms with Crippen molar-refractivity contribution in [2.45, 2.75) is 19.4 Å². The van der Waals surface area contributed by atoms with E-state index >= 15 is 0 Å². The van der Waals surface area contributed by atoms with Gasteiger partial charge in [-0.1, -0.05) is 0 Å². The van der Waals surface area contributed by atoms with Crippen molar-refractivity contribution in [3.63, 3.8) is 0 Å². The summed E-state index contributed by atoms with van der Waals surface area (Å²) in [4.78, 5) is 6.35. The van der Waals surface area contributed by atoms with Gasteiger partial charge in [0, 0.05) is 13.6 Å². The summed E-state index contributed by atoms with van der Waals surface area (Å²) in [6.45, 7) is 5.31. The number of aliphatic imine (C=N–C) groups is 1. The summed E-state index contributed by atoms with van der Waals surface area (Å²) in [7, 11) is 2.04. The van der Waals surface area contributed by atoms with Crippen LogP contribution in [0.5, 0.6) is 0 Å². The Labute approximate surface area is 50.2 Å². The van der Waals surface area contributed by atoms with Crippen LogP contribution in [0.25, 0.3) is 0 Å². The van der Waals surface area contributed by atoms with Crippen LogP contribution in [0.1, 0.15) is 13.8 Å². The smallest absolute Gasteiger partial charge is 0.0855 e. The maximum absolute atomic E-state index is 4.25. The second-order valence-corrected chi connectivity index (χ2v) is 2.97. The molecule has 0 saturated heterocycles. The highest BCUT2D eigenvalue weighted by Gasteiger charge is 2.21. The molecule has 1 rings (SSSR count). The quantitative estimate of drug-likeness (QED) is 0.451. The first-order chi connectivity index (χ1) is 3.60. The molecule has 0 aromatic carbocycles. The van der Waals surface area contributed by atoms with Gasteiger partial charge in [0.15, 0.2) is 0 Å². The van der Waals surface area contributed by atoms with E-state index in [9.17, 15) is 0 Å². The van der Waals surface area contributed by atoms with Crippen LogP contribution >= 0.6 is 0 Å². The maximum atomic E-state index is 4.25. The van der Waals surface area contributed by atoms with Crippen molar-refractivity contribution in [2.24, 2.45) is 4.99 Å². The molecule has 0 amide bonds. The fraction of sp³-hybridized carbons (Fsp3) is 0.833. The zero-order valence-corrected chi connectivity index (χ0v) is 5.68. The van der Waals surface area contributed by atoms with Gasteiger partial charge >= 0.3 is 0 Å². The summed E-state index contributed by atoms with van der Waals surface area (Å²) < 4.78 is 0. The van der Waals surface area contributed by atoms with E-state index in [-0.39, 0.29) is 5.54 Å². The number of rotatable bonds is 0. The predicted octanol–water partition coefficient (Wildman–Crippen LogP) is 0.739. The molecule has 0 fully saturated rings. The standard InChI is InChI=1S/C6H12N2/c1-6(2)4-8(3)5-7-6/h5H,4H2,1-3H3. The van der Waals surface area contributed by atoms with Gasteiger partial charge in [0.05, 0.1) is 11.9 Å². The molecule has 0 unspecified atom stereocenters. The second-order valence-electron chi connectivity index (χ2n) is 2.97. The molecule has 0 spiro atoms. The minimum Gasteiger partial charge on any atom is -0.364 e. The Balaban J connectivity index is 2.58. The third-order valence-corrected chi connectivity index (χ3v) is 1.24. The van der Waals surface area contributed by atoms with E-state index in [0.717, 1.165) is 6.54 Å². The molecule has 0 aliphatic carbocycles. The molecule has 2 nitrogen and oxygen atoms in total. The average molecular weight is 112 g/mol. The fourth-order valence-electron chi connectivity index (χ4n) is 0.947. The number of hydrogen-bond donors (Lipinski definition) is 0. The molecule has 0 atom stereocenters. The van der Waals surface area contributed by atoms with Crippen molar-refractivity contribution in [2.75, 3.05) is 13.6 Å². The van der Waals surface area contributed by atoms with Crippen LogP contribution in [0, 0.1) is 0 Å². The highest BCUT2D eigenvalue weighted by atomic mass is 15.2. The zero-order chi connectivity index (χ0) is 6.20. The summed E-state index contributed by atoms with van der Waals surface area (Å²) in [6, 6.07) is 0. The van der Waals surface area contributed by atoms with E-state index in [1.54, 1.807) is 0 Å². The monoisotopic (exact) mass is 112 g/mol. The Hall–Kier alpha value is -0.530. The molecule has 0 bridgehead atoms. The molecule has 0 saturated carbocycles. The molecule has 0 radical (unpaired) electrons. The van der Waals surface area contributed by atoms with Crippen LogP contribution in [-0.2, 0) is 0 Å². The lowest BCUT2D eigenvalue weighted by Crippen LogP contribution is -2.25. The first-order valence-corrected chi connectivity index (χ1v) is 2.86. The molecular formula is C6H12N2. The molecule has 1 heterocycles. The normalized spacial score (nSPS) is 24.6. The van der Waals surface area contributed by atoms with Crippen molar-refractivity contribution < 1.29 is 0 Å². The van der Waals surface area contributed by atoms with E-state index in [4.69, 9.17) is 0 Å². The Kier molecular flexibility index (Phi) is 1.03. The molecule has 8 heavy (non-hydrogen) atoms. The summed E-state index contributed by atoms with van der Waals surface area (Å²) >= 11 is 0. The van der Waals surface area contributed by atoms with Crippen LogP contribution in [0.3, 0.4) is 0 Å². The molecule has 0 aromatic rings. The summed E-state index contributed by atoms with van der Waals surface area (Å²) in [5, 5.41) is 0. The van der Waals surface area contributed by atoms with Gasteiger partial charge < -0.3 is 4.90 Å².